The Morgan fingerprint density at radius 1 is 1.07 bits per heavy atom. The van der Waals surface area contributed by atoms with Crippen molar-refractivity contribution in [2.75, 3.05) is 20.2 Å². The second kappa shape index (κ2) is 8.33. The lowest BCUT2D eigenvalue weighted by atomic mass is 9.94. The van der Waals surface area contributed by atoms with Gasteiger partial charge in [-0.15, -0.1) is 0 Å². The van der Waals surface area contributed by atoms with Crippen molar-refractivity contribution < 1.29 is 23.9 Å². The van der Waals surface area contributed by atoms with Crippen molar-refractivity contribution >= 4 is 23.7 Å². The van der Waals surface area contributed by atoms with Gasteiger partial charge >= 0.3 is 5.97 Å². The maximum Gasteiger partial charge on any atom is 0.308 e. The Morgan fingerprint density at radius 2 is 1.67 bits per heavy atom. The van der Waals surface area contributed by atoms with Gasteiger partial charge in [-0.2, -0.15) is 0 Å². The van der Waals surface area contributed by atoms with Gasteiger partial charge in [0.15, 0.2) is 6.61 Å². The van der Waals surface area contributed by atoms with Crippen LogP contribution >= 0.6 is 0 Å². The van der Waals surface area contributed by atoms with Gasteiger partial charge < -0.3 is 9.64 Å². The highest BCUT2D eigenvalue weighted by Gasteiger charge is 2.35. The van der Waals surface area contributed by atoms with E-state index in [4.69, 9.17) is 4.74 Å². The molecular weight excluding hydrogens is 348 g/mol. The summed E-state index contributed by atoms with van der Waals surface area (Å²) in [7, 11) is 1.74. The molecule has 0 unspecified atom stereocenters. The Labute approximate surface area is 158 Å². The van der Waals surface area contributed by atoms with E-state index in [1.165, 1.54) is 6.42 Å². The summed E-state index contributed by atoms with van der Waals surface area (Å²) in [5.74, 6) is -1.64. The summed E-state index contributed by atoms with van der Waals surface area (Å²) in [5.41, 5.74) is 0.695. The number of hydrogen-bond acceptors (Lipinski definition) is 5. The van der Waals surface area contributed by atoms with Crippen molar-refractivity contribution in [2.45, 2.75) is 44.6 Å². The Hall–Kier alpha value is -2.70. The van der Waals surface area contributed by atoms with Crippen molar-refractivity contribution in [3.05, 3.63) is 35.4 Å². The average molecular weight is 372 g/mol. The summed E-state index contributed by atoms with van der Waals surface area (Å²) >= 11 is 0. The number of nitrogens with zero attached hydrogens (tertiary/aromatic N) is 2. The molecule has 1 aromatic rings. The Kier molecular flexibility index (Phi) is 5.88. The summed E-state index contributed by atoms with van der Waals surface area (Å²) in [6, 6.07) is 6.77. The van der Waals surface area contributed by atoms with Gasteiger partial charge in [0.25, 0.3) is 17.7 Å². The first kappa shape index (κ1) is 19.1. The molecule has 1 aromatic carbocycles. The molecule has 27 heavy (non-hydrogen) atoms. The van der Waals surface area contributed by atoms with Crippen molar-refractivity contribution in [1.29, 1.82) is 0 Å². The van der Waals surface area contributed by atoms with Gasteiger partial charge in [0.1, 0.15) is 0 Å². The first-order chi connectivity index (χ1) is 13.0. The molecule has 0 saturated heterocycles. The van der Waals surface area contributed by atoms with E-state index in [-0.39, 0.29) is 31.5 Å². The van der Waals surface area contributed by atoms with Gasteiger partial charge in [-0.1, -0.05) is 31.4 Å². The molecule has 0 radical (unpaired) electrons. The highest BCUT2D eigenvalue weighted by molar-refractivity contribution is 6.21. The summed E-state index contributed by atoms with van der Waals surface area (Å²) < 4.78 is 5.04. The molecule has 144 valence electrons. The molecule has 3 amide bonds. The lowest BCUT2D eigenvalue weighted by Crippen LogP contribution is -2.40. The topological polar surface area (TPSA) is 84.0 Å². The number of ether oxygens (including phenoxy) is 1. The molecule has 0 N–H and O–H groups in total. The zero-order chi connectivity index (χ0) is 19.4. The largest absolute Gasteiger partial charge is 0.456 e. The van der Waals surface area contributed by atoms with Crippen molar-refractivity contribution in [2.24, 2.45) is 0 Å². The highest BCUT2D eigenvalue weighted by atomic mass is 16.5. The highest BCUT2D eigenvalue weighted by Crippen LogP contribution is 2.23. The number of imide groups is 1. The monoisotopic (exact) mass is 372 g/mol. The lowest BCUT2D eigenvalue weighted by molar-refractivity contribution is -0.152. The minimum absolute atomic E-state index is 0.0577. The molecule has 1 aliphatic carbocycles. The zero-order valence-corrected chi connectivity index (χ0v) is 15.5. The summed E-state index contributed by atoms with van der Waals surface area (Å²) in [6.07, 6.45) is 5.26. The quantitative estimate of drug-likeness (QED) is 0.563. The van der Waals surface area contributed by atoms with Gasteiger partial charge in [0.05, 0.1) is 17.5 Å². The molecule has 1 saturated carbocycles. The fraction of sp³-hybridized carbons (Fsp3) is 0.500. The molecule has 7 nitrogen and oxygen atoms in total. The summed E-state index contributed by atoms with van der Waals surface area (Å²) in [5, 5.41) is 0. The summed E-state index contributed by atoms with van der Waals surface area (Å²) in [4.78, 5) is 51.3. The van der Waals surface area contributed by atoms with Crippen LogP contribution in [0.25, 0.3) is 0 Å². The normalized spacial score (nSPS) is 17.0. The Bertz CT molecular complexity index is 719. The number of hydrogen-bond donors (Lipinski definition) is 0. The van der Waals surface area contributed by atoms with Crippen LogP contribution in [0.4, 0.5) is 0 Å². The van der Waals surface area contributed by atoms with E-state index in [0.717, 1.165) is 30.6 Å². The first-order valence-electron chi connectivity index (χ1n) is 9.35. The fourth-order valence-corrected chi connectivity index (χ4v) is 3.63. The van der Waals surface area contributed by atoms with E-state index in [9.17, 15) is 19.2 Å². The smallest absolute Gasteiger partial charge is 0.308 e. The first-order valence-corrected chi connectivity index (χ1v) is 9.35. The average Bonchev–Trinajstić information content (AvgIpc) is 2.95. The van der Waals surface area contributed by atoms with Crippen molar-refractivity contribution in [1.82, 2.24) is 9.80 Å². The zero-order valence-electron chi connectivity index (χ0n) is 15.5. The minimum atomic E-state index is -0.600. The fourth-order valence-electron chi connectivity index (χ4n) is 3.63. The third kappa shape index (κ3) is 4.18. The number of carbonyl (C=O) groups is 4. The van der Waals surface area contributed by atoms with E-state index in [2.05, 4.69) is 0 Å². The molecule has 7 heteroatoms. The predicted octanol–water partition coefficient (Wildman–Crippen LogP) is 2.01. The molecule has 0 bridgehead atoms. The standard InChI is InChI=1S/C20H24N2O5/c1-21(14-7-3-2-4-8-14)17(23)13-27-18(24)11-12-22-19(25)15-9-5-6-10-16(15)20(22)26/h5-6,9-10,14H,2-4,7-8,11-13H2,1H3. The van der Waals surface area contributed by atoms with Gasteiger partial charge in [-0.25, -0.2) is 0 Å². The Balaban J connectivity index is 1.44. The van der Waals surface area contributed by atoms with E-state index in [1.54, 1.807) is 36.2 Å². The molecule has 0 spiro atoms. The molecule has 3 rings (SSSR count). The number of amides is 3. The van der Waals surface area contributed by atoms with Gasteiger partial charge in [-0.3, -0.25) is 24.1 Å². The van der Waals surface area contributed by atoms with Gasteiger partial charge in [0.2, 0.25) is 0 Å². The molecule has 1 heterocycles. The number of fused-ring (bicyclic) bond motifs is 1. The predicted molar refractivity (Wildman–Crippen MR) is 97.0 cm³/mol. The van der Waals surface area contributed by atoms with E-state index >= 15 is 0 Å². The molecule has 2 aliphatic rings. The molecular formula is C20H24N2O5. The number of likely N-dealkylation sites (N-methyl/N-ethyl adjacent to an activating group) is 1. The van der Waals surface area contributed by atoms with E-state index in [0.29, 0.717) is 11.1 Å². The number of rotatable bonds is 6. The molecule has 0 aromatic heterocycles. The minimum Gasteiger partial charge on any atom is -0.456 e. The van der Waals surface area contributed by atoms with Crippen LogP contribution in [0.5, 0.6) is 0 Å². The van der Waals surface area contributed by atoms with Crippen LogP contribution in [0.2, 0.25) is 0 Å². The van der Waals surface area contributed by atoms with Crippen LogP contribution in [0.15, 0.2) is 24.3 Å². The molecule has 0 atom stereocenters. The van der Waals surface area contributed by atoms with Gasteiger partial charge in [-0.05, 0) is 25.0 Å². The van der Waals surface area contributed by atoms with Crippen molar-refractivity contribution in [3.8, 4) is 0 Å². The van der Waals surface area contributed by atoms with E-state index in [1.807, 2.05) is 0 Å². The number of benzene rings is 1. The van der Waals surface area contributed by atoms with Crippen molar-refractivity contribution in [3.63, 3.8) is 0 Å². The molecule has 1 aliphatic heterocycles. The maximum absolute atomic E-state index is 12.2. The lowest BCUT2D eigenvalue weighted by Gasteiger charge is -2.31. The SMILES string of the molecule is CN(C(=O)COC(=O)CCN1C(=O)c2ccccc2C1=O)C1CCCCC1. The second-order valence-corrected chi connectivity index (χ2v) is 7.01. The van der Waals surface area contributed by atoms with Crippen LogP contribution in [-0.2, 0) is 14.3 Å². The second-order valence-electron chi connectivity index (χ2n) is 7.01. The van der Waals surface area contributed by atoms with Crippen LogP contribution in [0, 0.1) is 0 Å². The number of carbonyl (C=O) groups excluding carboxylic acids is 4. The van der Waals surface area contributed by atoms with Crippen LogP contribution in [0.1, 0.15) is 59.2 Å². The van der Waals surface area contributed by atoms with Crippen LogP contribution in [-0.4, -0.2) is 59.7 Å². The van der Waals surface area contributed by atoms with Gasteiger partial charge in [0, 0.05) is 19.6 Å². The van der Waals surface area contributed by atoms with Crippen LogP contribution in [0.3, 0.4) is 0 Å². The maximum atomic E-state index is 12.2. The number of esters is 1. The van der Waals surface area contributed by atoms with Crippen LogP contribution < -0.4 is 0 Å². The third-order valence-electron chi connectivity index (χ3n) is 5.29. The summed E-state index contributed by atoms with van der Waals surface area (Å²) in [6.45, 7) is -0.369. The van der Waals surface area contributed by atoms with E-state index < -0.39 is 17.8 Å². The third-order valence-corrected chi connectivity index (χ3v) is 5.29. The molecule has 1 fully saturated rings. The Morgan fingerprint density at radius 3 is 2.26 bits per heavy atom.